The molecular weight excluding hydrogens is 380 g/mol. The Morgan fingerprint density at radius 3 is 1.47 bits per heavy atom. The quantitative estimate of drug-likeness (QED) is 0.290. The first-order valence-corrected chi connectivity index (χ1v) is 9.10. The van der Waals surface area contributed by atoms with E-state index in [0.717, 1.165) is 10.8 Å². The molecule has 0 aliphatic heterocycles. The summed E-state index contributed by atoms with van der Waals surface area (Å²) in [7, 11) is 3.23. The summed E-state index contributed by atoms with van der Waals surface area (Å²) in [5.74, 6) is 0. The molecule has 8 heteroatoms. The van der Waals surface area contributed by atoms with Gasteiger partial charge in [0, 0.05) is 46.4 Å². The highest BCUT2D eigenvalue weighted by Gasteiger charge is 2.23. The van der Waals surface area contributed by atoms with Crippen LogP contribution < -0.4 is 11.1 Å². The van der Waals surface area contributed by atoms with Crippen LogP contribution >= 0.6 is 0 Å². The van der Waals surface area contributed by atoms with Gasteiger partial charge in [-0.05, 0) is 35.0 Å². The van der Waals surface area contributed by atoms with Crippen molar-refractivity contribution in [1.29, 1.82) is 10.5 Å². The van der Waals surface area contributed by atoms with Crippen LogP contribution in [-0.2, 0) is 14.1 Å². The van der Waals surface area contributed by atoms with Crippen LogP contribution in [0.15, 0.2) is 33.9 Å². The fourth-order valence-corrected chi connectivity index (χ4v) is 4.58. The molecule has 0 bridgehead atoms. The number of benzene rings is 2. The summed E-state index contributed by atoms with van der Waals surface area (Å²) in [5.41, 5.74) is 0.558. The fraction of sp³-hybridized carbons (Fsp3) is 0.0909. The van der Waals surface area contributed by atoms with Crippen LogP contribution in [0, 0.1) is 22.7 Å². The van der Waals surface area contributed by atoms with Gasteiger partial charge in [0.2, 0.25) is 0 Å². The van der Waals surface area contributed by atoms with Gasteiger partial charge >= 0.3 is 0 Å². The summed E-state index contributed by atoms with van der Waals surface area (Å²) in [5, 5.41) is 23.7. The van der Waals surface area contributed by atoms with Gasteiger partial charge < -0.3 is 0 Å². The Hall–Kier alpha value is -4.56. The van der Waals surface area contributed by atoms with Gasteiger partial charge in [-0.3, -0.25) is 18.7 Å². The zero-order valence-electron chi connectivity index (χ0n) is 15.8. The van der Waals surface area contributed by atoms with Crippen LogP contribution in [-0.4, -0.2) is 19.1 Å². The van der Waals surface area contributed by atoms with Gasteiger partial charge in [0.1, 0.15) is 34.8 Å². The second-order valence-electron chi connectivity index (χ2n) is 7.41. The lowest BCUT2D eigenvalue weighted by Crippen LogP contribution is -2.22. The number of pyridine rings is 4. The second kappa shape index (κ2) is 5.07. The first-order chi connectivity index (χ1) is 14.4. The van der Waals surface area contributed by atoms with Crippen molar-refractivity contribution < 1.29 is 0 Å². The molecule has 0 unspecified atom stereocenters. The van der Waals surface area contributed by atoms with Gasteiger partial charge in [-0.15, -0.1) is 0 Å². The molecule has 0 fully saturated rings. The summed E-state index contributed by atoms with van der Waals surface area (Å²) < 4.78 is 2.84. The van der Waals surface area contributed by atoms with E-state index in [2.05, 4.69) is 9.97 Å². The minimum absolute atomic E-state index is 0.172. The molecule has 0 atom stereocenters. The molecule has 4 aromatic heterocycles. The number of hydrogen-bond acceptors (Lipinski definition) is 6. The van der Waals surface area contributed by atoms with E-state index in [1.807, 2.05) is 12.1 Å². The molecule has 6 aromatic rings. The Kier molecular flexibility index (Phi) is 2.77. The normalized spacial score (nSPS) is 11.9. The van der Waals surface area contributed by atoms with Gasteiger partial charge in [-0.25, -0.2) is 9.97 Å². The Bertz CT molecular complexity index is 1790. The number of nitrogens with zero attached hydrogens (tertiary/aromatic N) is 6. The zero-order valence-corrected chi connectivity index (χ0v) is 15.8. The standard InChI is InChI=1S/C22H10N6O2/c1-27-19-15-9(3-11(7-23)25-19)6-14-18-16-10(5-13(17(15)18)21(27)29)4-12(8-24)26-20(16)28(2)22(14)30/h3-6H,1-2H3. The van der Waals surface area contributed by atoms with Crippen LogP contribution in [0.3, 0.4) is 0 Å². The first-order valence-electron chi connectivity index (χ1n) is 9.10. The third-order valence-electron chi connectivity index (χ3n) is 5.88. The molecule has 140 valence electrons. The molecule has 4 heterocycles. The third kappa shape index (κ3) is 1.70. The monoisotopic (exact) mass is 390 g/mol. The smallest absolute Gasteiger partial charge is 0.259 e. The van der Waals surface area contributed by atoms with Crippen LogP contribution in [0.1, 0.15) is 11.4 Å². The summed E-state index contributed by atoms with van der Waals surface area (Å²) in [4.78, 5) is 35.2. The van der Waals surface area contributed by atoms with Gasteiger partial charge in [-0.2, -0.15) is 10.5 Å². The van der Waals surface area contributed by atoms with Crippen molar-refractivity contribution in [3.8, 4) is 12.1 Å². The van der Waals surface area contributed by atoms with Crippen LogP contribution in [0.2, 0.25) is 0 Å². The molecule has 0 aliphatic rings. The van der Waals surface area contributed by atoms with E-state index in [1.165, 1.54) is 9.13 Å². The topological polar surface area (TPSA) is 117 Å². The van der Waals surface area contributed by atoms with Crippen LogP contribution in [0.5, 0.6) is 0 Å². The van der Waals surface area contributed by atoms with Crippen molar-refractivity contribution >= 4 is 54.4 Å². The van der Waals surface area contributed by atoms with E-state index < -0.39 is 0 Å². The molecule has 0 spiro atoms. The molecule has 6 rings (SSSR count). The van der Waals surface area contributed by atoms with Crippen molar-refractivity contribution in [2.75, 3.05) is 0 Å². The number of aromatic nitrogens is 4. The molecule has 0 amide bonds. The average molecular weight is 390 g/mol. The molecule has 0 N–H and O–H groups in total. The highest BCUT2D eigenvalue weighted by atomic mass is 16.1. The van der Waals surface area contributed by atoms with E-state index in [0.29, 0.717) is 43.6 Å². The number of aryl methyl sites for hydroxylation is 2. The largest absolute Gasteiger partial charge is 0.295 e. The zero-order chi connectivity index (χ0) is 20.9. The van der Waals surface area contributed by atoms with Crippen LogP contribution in [0.4, 0.5) is 0 Å². The Labute approximate surface area is 167 Å². The maximum absolute atomic E-state index is 13.2. The summed E-state index contributed by atoms with van der Waals surface area (Å²) in [6, 6.07) is 10.8. The van der Waals surface area contributed by atoms with Crippen LogP contribution in [0.25, 0.3) is 54.4 Å². The lowest BCUT2D eigenvalue weighted by Gasteiger charge is -2.18. The van der Waals surface area contributed by atoms with Crippen molar-refractivity contribution in [3.63, 3.8) is 0 Å². The maximum atomic E-state index is 13.2. The molecule has 0 saturated heterocycles. The van der Waals surface area contributed by atoms with E-state index in [4.69, 9.17) is 0 Å². The lowest BCUT2D eigenvalue weighted by atomic mass is 9.91. The molecular formula is C22H10N6O2. The predicted molar refractivity (Wildman–Crippen MR) is 112 cm³/mol. The molecule has 8 nitrogen and oxygen atoms in total. The van der Waals surface area contributed by atoms with Gasteiger partial charge in [0.05, 0.1) is 0 Å². The number of nitriles is 2. The number of hydrogen-bond donors (Lipinski definition) is 0. The maximum Gasteiger partial charge on any atom is 0.259 e. The average Bonchev–Trinajstić information content (AvgIpc) is 2.77. The van der Waals surface area contributed by atoms with E-state index >= 15 is 0 Å². The lowest BCUT2D eigenvalue weighted by molar-refractivity contribution is 0.896. The van der Waals surface area contributed by atoms with Crippen molar-refractivity contribution in [2.24, 2.45) is 14.1 Å². The summed E-state index contributed by atoms with van der Waals surface area (Å²) >= 11 is 0. The highest BCUT2D eigenvalue weighted by Crippen LogP contribution is 2.40. The second-order valence-corrected chi connectivity index (χ2v) is 7.41. The highest BCUT2D eigenvalue weighted by molar-refractivity contribution is 6.34. The van der Waals surface area contributed by atoms with Crippen molar-refractivity contribution in [1.82, 2.24) is 19.1 Å². The third-order valence-corrected chi connectivity index (χ3v) is 5.88. The number of rotatable bonds is 0. The van der Waals surface area contributed by atoms with E-state index in [-0.39, 0.29) is 22.5 Å². The van der Waals surface area contributed by atoms with E-state index in [9.17, 15) is 20.1 Å². The van der Waals surface area contributed by atoms with Gasteiger partial charge in [-0.1, -0.05) is 0 Å². The van der Waals surface area contributed by atoms with E-state index in [1.54, 1.807) is 38.4 Å². The minimum Gasteiger partial charge on any atom is -0.295 e. The summed E-state index contributed by atoms with van der Waals surface area (Å²) in [6.45, 7) is 0. The van der Waals surface area contributed by atoms with Crippen molar-refractivity contribution in [2.45, 2.75) is 0 Å². The first kappa shape index (κ1) is 16.4. The molecule has 0 radical (unpaired) electrons. The minimum atomic E-state index is -0.284. The Morgan fingerprint density at radius 2 is 1.10 bits per heavy atom. The molecule has 30 heavy (non-hydrogen) atoms. The predicted octanol–water partition coefficient (Wildman–Crippen LogP) is 2.26. The Balaban J connectivity index is 2.12. The molecule has 0 aliphatic carbocycles. The van der Waals surface area contributed by atoms with Gasteiger partial charge in [0.15, 0.2) is 0 Å². The molecule has 2 aromatic carbocycles. The van der Waals surface area contributed by atoms with Gasteiger partial charge in [0.25, 0.3) is 11.1 Å². The SMILES string of the molecule is Cn1c(=O)c2cc3cc(C#N)nc4c3c3c(cc5cc(C#N)nc1c5c23)c(=O)n4C. The Morgan fingerprint density at radius 1 is 0.700 bits per heavy atom. The molecule has 0 saturated carbocycles. The summed E-state index contributed by atoms with van der Waals surface area (Å²) in [6.07, 6.45) is 0. The fourth-order valence-electron chi connectivity index (χ4n) is 4.58. The van der Waals surface area contributed by atoms with Crippen molar-refractivity contribution in [3.05, 3.63) is 56.4 Å².